The highest BCUT2D eigenvalue weighted by molar-refractivity contribution is 5.78. The van der Waals surface area contributed by atoms with Gasteiger partial charge in [0.05, 0.1) is 11.9 Å². The van der Waals surface area contributed by atoms with E-state index in [2.05, 4.69) is 14.9 Å². The van der Waals surface area contributed by atoms with E-state index in [0.717, 1.165) is 57.4 Å². The topological polar surface area (TPSA) is 78.8 Å². The zero-order chi connectivity index (χ0) is 20.0. The molecule has 29 heavy (non-hydrogen) atoms. The van der Waals surface area contributed by atoms with Gasteiger partial charge in [-0.15, -0.1) is 0 Å². The maximum atomic E-state index is 13.0. The van der Waals surface area contributed by atoms with Gasteiger partial charge in [0.2, 0.25) is 11.8 Å². The normalized spacial score (nSPS) is 29.2. The van der Waals surface area contributed by atoms with Crippen molar-refractivity contribution >= 4 is 17.5 Å². The van der Waals surface area contributed by atoms with Gasteiger partial charge in [-0.1, -0.05) is 0 Å². The van der Waals surface area contributed by atoms with Crippen molar-refractivity contribution in [2.45, 2.75) is 51.1 Å². The van der Waals surface area contributed by atoms with Crippen LogP contribution in [0, 0.1) is 11.8 Å². The molecule has 2 bridgehead atoms. The number of amides is 2. The average Bonchev–Trinajstić information content (AvgIpc) is 3.25. The molecule has 1 aromatic rings. The number of nitrogens with zero attached hydrogens (tertiary/aromatic N) is 5. The Kier molecular flexibility index (Phi) is 4.80. The molecule has 5 rings (SSSR count). The Morgan fingerprint density at radius 1 is 1.10 bits per heavy atom. The van der Waals surface area contributed by atoms with E-state index in [1.165, 1.54) is 4.68 Å². The lowest BCUT2D eigenvalue weighted by Gasteiger charge is -2.52. The van der Waals surface area contributed by atoms with Crippen molar-refractivity contribution in [3.8, 4) is 0 Å². The Labute approximate surface area is 170 Å². The number of anilines is 1. The molecule has 4 aliphatic heterocycles. The number of aromatic nitrogens is 2. The van der Waals surface area contributed by atoms with Crippen LogP contribution in [0.1, 0.15) is 38.5 Å². The minimum absolute atomic E-state index is 0.00807. The van der Waals surface area contributed by atoms with Crippen LogP contribution in [0.4, 0.5) is 5.69 Å². The third-order valence-corrected chi connectivity index (χ3v) is 7.14. The fraction of sp³-hybridized carbons (Fsp3) is 0.714. The number of hydrogen-bond acceptors (Lipinski definition) is 5. The fourth-order valence-electron chi connectivity index (χ4n) is 5.73. The second-order valence-corrected chi connectivity index (χ2v) is 9.07. The Bertz CT molecular complexity index is 862. The highest BCUT2D eigenvalue weighted by Gasteiger charge is 2.44. The lowest BCUT2D eigenvalue weighted by Crippen LogP contribution is -2.61. The first-order valence-corrected chi connectivity index (χ1v) is 11.0. The Morgan fingerprint density at radius 3 is 2.72 bits per heavy atom. The summed E-state index contributed by atoms with van der Waals surface area (Å²) in [5.41, 5.74) is 0.634. The number of fused-ring (bicyclic) bond motifs is 4. The van der Waals surface area contributed by atoms with Crippen molar-refractivity contribution < 1.29 is 9.59 Å². The molecule has 1 aromatic heterocycles. The molecule has 0 saturated carbocycles. The van der Waals surface area contributed by atoms with Crippen molar-refractivity contribution in [1.82, 2.24) is 19.6 Å². The van der Waals surface area contributed by atoms with Gasteiger partial charge in [-0.05, 0) is 43.9 Å². The molecule has 156 valence electrons. The van der Waals surface area contributed by atoms with E-state index in [0.29, 0.717) is 31.3 Å². The first-order valence-electron chi connectivity index (χ1n) is 11.0. The molecule has 2 amide bonds. The van der Waals surface area contributed by atoms with Crippen molar-refractivity contribution in [1.29, 1.82) is 0 Å². The summed E-state index contributed by atoms with van der Waals surface area (Å²) in [6, 6.07) is 1.88. The number of carbonyl (C=O) groups is 2. The highest BCUT2D eigenvalue weighted by atomic mass is 16.2. The molecule has 0 spiro atoms. The maximum absolute atomic E-state index is 13.0. The first kappa shape index (κ1) is 18.6. The zero-order valence-electron chi connectivity index (χ0n) is 16.8. The van der Waals surface area contributed by atoms with E-state index in [-0.39, 0.29) is 30.0 Å². The van der Waals surface area contributed by atoms with Crippen LogP contribution in [0.3, 0.4) is 0 Å². The summed E-state index contributed by atoms with van der Waals surface area (Å²) in [5.74, 6) is 0.944. The SMILES string of the molecule is O=C(Cn1ncc(N2CCCC2)cc1=O)N1C[C@@H]2C[C@@H](C1)[C@@H]1CCCC(=O)N1C2. The summed E-state index contributed by atoms with van der Waals surface area (Å²) in [4.78, 5) is 43.9. The van der Waals surface area contributed by atoms with Gasteiger partial charge in [0.15, 0.2) is 0 Å². The minimum atomic E-state index is -0.219. The van der Waals surface area contributed by atoms with Crippen LogP contribution < -0.4 is 10.5 Å². The standard InChI is InChI=1S/C21H29N5O3/c27-19-5-3-4-18-16-8-15(12-25(18)19)11-24(13-16)21(29)14-26-20(28)9-17(10-22-26)23-6-1-2-7-23/h9-10,15-16,18H,1-8,11-14H2/t15-,16-,18-/m0/s1. The van der Waals surface area contributed by atoms with E-state index in [4.69, 9.17) is 0 Å². The van der Waals surface area contributed by atoms with Crippen LogP contribution >= 0.6 is 0 Å². The van der Waals surface area contributed by atoms with Crippen LogP contribution in [0.15, 0.2) is 17.1 Å². The molecule has 5 heterocycles. The second kappa shape index (κ2) is 7.46. The fourth-order valence-corrected chi connectivity index (χ4v) is 5.73. The van der Waals surface area contributed by atoms with Gasteiger partial charge < -0.3 is 14.7 Å². The van der Waals surface area contributed by atoms with Gasteiger partial charge in [0, 0.05) is 51.3 Å². The van der Waals surface area contributed by atoms with E-state index >= 15 is 0 Å². The summed E-state index contributed by atoms with van der Waals surface area (Å²) in [6.07, 6.45) is 7.76. The largest absolute Gasteiger partial charge is 0.370 e. The van der Waals surface area contributed by atoms with Crippen LogP contribution in [0.5, 0.6) is 0 Å². The number of piperidine rings is 3. The Morgan fingerprint density at radius 2 is 1.93 bits per heavy atom. The molecule has 4 saturated heterocycles. The quantitative estimate of drug-likeness (QED) is 0.748. The van der Waals surface area contributed by atoms with E-state index in [1.54, 1.807) is 12.3 Å². The molecule has 8 nitrogen and oxygen atoms in total. The van der Waals surface area contributed by atoms with Gasteiger partial charge >= 0.3 is 0 Å². The van der Waals surface area contributed by atoms with Crippen LogP contribution in [0.25, 0.3) is 0 Å². The lowest BCUT2D eigenvalue weighted by atomic mass is 9.76. The van der Waals surface area contributed by atoms with Crippen molar-refractivity contribution in [3.05, 3.63) is 22.6 Å². The van der Waals surface area contributed by atoms with Crippen molar-refractivity contribution in [2.24, 2.45) is 11.8 Å². The highest BCUT2D eigenvalue weighted by Crippen LogP contribution is 2.37. The minimum Gasteiger partial charge on any atom is -0.370 e. The van der Waals surface area contributed by atoms with Gasteiger partial charge in [-0.2, -0.15) is 5.10 Å². The molecule has 0 N–H and O–H groups in total. The Balaban J connectivity index is 1.26. The number of likely N-dealkylation sites (tertiary alicyclic amines) is 1. The molecular weight excluding hydrogens is 370 g/mol. The molecule has 0 aliphatic carbocycles. The van der Waals surface area contributed by atoms with Crippen LogP contribution in [-0.2, 0) is 16.1 Å². The smallest absolute Gasteiger partial charge is 0.269 e. The molecule has 8 heteroatoms. The Hall–Kier alpha value is -2.38. The molecule has 0 unspecified atom stereocenters. The molecular formula is C21H29N5O3. The predicted molar refractivity (Wildman–Crippen MR) is 107 cm³/mol. The molecule has 0 radical (unpaired) electrons. The second-order valence-electron chi connectivity index (χ2n) is 9.07. The summed E-state index contributed by atoms with van der Waals surface area (Å²) >= 11 is 0. The summed E-state index contributed by atoms with van der Waals surface area (Å²) in [5, 5.41) is 4.27. The van der Waals surface area contributed by atoms with Gasteiger partial charge in [-0.3, -0.25) is 14.4 Å². The van der Waals surface area contributed by atoms with E-state index < -0.39 is 0 Å². The van der Waals surface area contributed by atoms with Crippen LogP contribution in [0.2, 0.25) is 0 Å². The van der Waals surface area contributed by atoms with Crippen LogP contribution in [-0.4, -0.2) is 70.2 Å². The number of rotatable bonds is 3. The summed E-state index contributed by atoms with van der Waals surface area (Å²) in [7, 11) is 0. The summed E-state index contributed by atoms with van der Waals surface area (Å²) < 4.78 is 1.28. The average molecular weight is 399 g/mol. The number of hydrogen-bond donors (Lipinski definition) is 0. The zero-order valence-corrected chi connectivity index (χ0v) is 16.8. The molecule has 4 aliphatic rings. The third kappa shape index (κ3) is 3.53. The van der Waals surface area contributed by atoms with E-state index in [1.807, 2.05) is 4.90 Å². The van der Waals surface area contributed by atoms with Crippen molar-refractivity contribution in [2.75, 3.05) is 37.6 Å². The maximum Gasteiger partial charge on any atom is 0.269 e. The lowest BCUT2D eigenvalue weighted by molar-refractivity contribution is -0.149. The molecule has 3 atom stereocenters. The monoisotopic (exact) mass is 399 g/mol. The number of carbonyl (C=O) groups excluding carboxylic acids is 2. The molecule has 0 aromatic carbocycles. The van der Waals surface area contributed by atoms with Gasteiger partial charge in [-0.25, -0.2) is 4.68 Å². The summed E-state index contributed by atoms with van der Waals surface area (Å²) in [6.45, 7) is 4.04. The van der Waals surface area contributed by atoms with Gasteiger partial charge in [0.1, 0.15) is 6.54 Å². The van der Waals surface area contributed by atoms with Crippen molar-refractivity contribution in [3.63, 3.8) is 0 Å². The third-order valence-electron chi connectivity index (χ3n) is 7.14. The van der Waals surface area contributed by atoms with E-state index in [9.17, 15) is 14.4 Å². The van der Waals surface area contributed by atoms with Gasteiger partial charge in [0.25, 0.3) is 5.56 Å². The molecule has 4 fully saturated rings. The predicted octanol–water partition coefficient (Wildman–Crippen LogP) is 0.703. The first-order chi connectivity index (χ1) is 14.1.